The number of carbonyl (C=O) groups is 2. The molecule has 9 heteroatoms. The van der Waals surface area contributed by atoms with Crippen LogP contribution in [-0.4, -0.2) is 65.9 Å². The van der Waals surface area contributed by atoms with Crippen LogP contribution in [0.3, 0.4) is 0 Å². The predicted molar refractivity (Wildman–Crippen MR) is 119 cm³/mol. The number of hydrogen-bond donors (Lipinski definition) is 2. The molecule has 0 spiro atoms. The number of aryl methyl sites for hydroxylation is 1. The summed E-state index contributed by atoms with van der Waals surface area (Å²) in [6.45, 7) is 6.51. The van der Waals surface area contributed by atoms with Gasteiger partial charge in [0.1, 0.15) is 12.4 Å². The number of pyridine rings is 1. The van der Waals surface area contributed by atoms with Gasteiger partial charge in [-0.2, -0.15) is 0 Å². The third-order valence-electron chi connectivity index (χ3n) is 4.72. The molecule has 0 atom stereocenters. The molecule has 0 bridgehead atoms. The molecule has 31 heavy (non-hydrogen) atoms. The van der Waals surface area contributed by atoms with E-state index in [0.717, 1.165) is 30.0 Å². The van der Waals surface area contributed by atoms with Gasteiger partial charge in [0, 0.05) is 20.6 Å². The zero-order valence-electron chi connectivity index (χ0n) is 19.2. The van der Waals surface area contributed by atoms with Gasteiger partial charge in [0.25, 0.3) is 6.47 Å². The number of amides is 1. The molecule has 2 rings (SSSR count). The van der Waals surface area contributed by atoms with E-state index < -0.39 is 0 Å². The minimum atomic E-state index is -0.370. The molecule has 0 aromatic carbocycles. The van der Waals surface area contributed by atoms with E-state index in [-0.39, 0.29) is 19.2 Å². The second kappa shape index (κ2) is 13.5. The summed E-state index contributed by atoms with van der Waals surface area (Å²) in [5.74, 6) is 7.12. The summed E-state index contributed by atoms with van der Waals surface area (Å²) in [7, 11) is 3.44. The van der Waals surface area contributed by atoms with Crippen molar-refractivity contribution in [2.45, 2.75) is 52.6 Å². The first kappa shape index (κ1) is 26.2. The fraction of sp³-hybridized carbons (Fsp3) is 0.591. The topological polar surface area (TPSA) is 118 Å². The fourth-order valence-electron chi connectivity index (χ4n) is 3.24. The Morgan fingerprint density at radius 3 is 2.45 bits per heavy atom. The van der Waals surface area contributed by atoms with E-state index in [1.807, 2.05) is 25.1 Å². The number of carbonyl (C=O) groups excluding carboxylic acids is 1. The van der Waals surface area contributed by atoms with Gasteiger partial charge in [0.15, 0.2) is 0 Å². The number of nitrogens with zero attached hydrogens (tertiary/aromatic N) is 3. The Hall–Kier alpha value is -2.81. The Labute approximate surface area is 184 Å². The Kier molecular flexibility index (Phi) is 11.4. The maximum Gasteiger partial charge on any atom is 0.409 e. The van der Waals surface area contributed by atoms with E-state index in [4.69, 9.17) is 25.2 Å². The van der Waals surface area contributed by atoms with Gasteiger partial charge in [-0.05, 0) is 56.7 Å². The van der Waals surface area contributed by atoms with Gasteiger partial charge >= 0.3 is 6.09 Å². The number of hydrazine groups is 1. The maximum absolute atomic E-state index is 12.1. The molecular weight excluding hydrogens is 400 g/mol. The monoisotopic (exact) mass is 436 g/mol. The van der Waals surface area contributed by atoms with Crippen molar-refractivity contribution in [1.82, 2.24) is 14.9 Å². The lowest BCUT2D eigenvalue weighted by Crippen LogP contribution is -2.33. The molecule has 1 saturated carbocycles. The standard InChI is InChI=1S/C21H34N4O3.CH2O2/c1-15(2)13-24(4)21(26)27-14-18(25(5)22)12-17-10-11-20(16(3)23-17)28-19-8-6-7-9-19;2-1-3/h10-12,15,19H,6-9,13-14,22H2,1-5H3;1H,(H,2,3)/b18-12+;. The third kappa shape index (κ3) is 9.69. The highest BCUT2D eigenvalue weighted by Gasteiger charge is 2.18. The molecule has 1 aliphatic carbocycles. The Bertz CT molecular complexity index is 731. The summed E-state index contributed by atoms with van der Waals surface area (Å²) in [4.78, 5) is 26.6. The van der Waals surface area contributed by atoms with Crippen LogP contribution >= 0.6 is 0 Å². The molecule has 1 aliphatic rings. The summed E-state index contributed by atoms with van der Waals surface area (Å²) in [5, 5.41) is 8.33. The molecule has 0 radical (unpaired) electrons. The average Bonchev–Trinajstić information content (AvgIpc) is 3.20. The van der Waals surface area contributed by atoms with Crippen molar-refractivity contribution in [3.05, 3.63) is 29.2 Å². The maximum atomic E-state index is 12.1. The second-order valence-corrected chi connectivity index (χ2v) is 8.02. The van der Waals surface area contributed by atoms with E-state index >= 15 is 0 Å². The van der Waals surface area contributed by atoms with Gasteiger partial charge in [-0.25, -0.2) is 15.6 Å². The van der Waals surface area contributed by atoms with Gasteiger partial charge in [-0.15, -0.1) is 0 Å². The van der Waals surface area contributed by atoms with E-state index in [2.05, 4.69) is 18.8 Å². The average molecular weight is 437 g/mol. The highest BCUT2D eigenvalue weighted by atomic mass is 16.6. The van der Waals surface area contributed by atoms with Gasteiger partial charge in [-0.3, -0.25) is 4.79 Å². The number of hydrogen-bond acceptors (Lipinski definition) is 7. The summed E-state index contributed by atoms with van der Waals surface area (Å²) >= 11 is 0. The first-order valence-electron chi connectivity index (χ1n) is 10.5. The van der Waals surface area contributed by atoms with Crippen LogP contribution in [0.25, 0.3) is 6.08 Å². The minimum absolute atomic E-state index is 0.0787. The van der Waals surface area contributed by atoms with Crippen LogP contribution in [0.1, 0.15) is 50.9 Å². The van der Waals surface area contributed by atoms with E-state index in [0.29, 0.717) is 24.3 Å². The second-order valence-electron chi connectivity index (χ2n) is 8.02. The predicted octanol–water partition coefficient (Wildman–Crippen LogP) is 3.28. The highest BCUT2D eigenvalue weighted by molar-refractivity contribution is 5.67. The summed E-state index contributed by atoms with van der Waals surface area (Å²) < 4.78 is 11.4. The van der Waals surface area contributed by atoms with Gasteiger partial charge in [0.2, 0.25) is 0 Å². The number of carboxylic acid groups (broad SMARTS) is 1. The molecule has 1 aromatic heterocycles. The zero-order chi connectivity index (χ0) is 23.4. The number of likely N-dealkylation sites (N-methyl/N-ethyl adjacent to an activating group) is 1. The number of nitrogens with two attached hydrogens (primary N) is 1. The molecule has 0 aliphatic heterocycles. The van der Waals surface area contributed by atoms with Crippen LogP contribution < -0.4 is 10.6 Å². The summed E-state index contributed by atoms with van der Waals surface area (Å²) in [6.07, 6.45) is 6.44. The van der Waals surface area contributed by atoms with E-state index in [1.54, 1.807) is 19.0 Å². The molecule has 1 amide bonds. The van der Waals surface area contributed by atoms with Crippen molar-refractivity contribution >= 4 is 18.6 Å². The molecule has 174 valence electrons. The molecular formula is C22H36N4O5. The fourth-order valence-corrected chi connectivity index (χ4v) is 3.24. The molecule has 3 N–H and O–H groups in total. The first-order chi connectivity index (χ1) is 14.7. The smallest absolute Gasteiger partial charge is 0.409 e. The first-order valence-corrected chi connectivity index (χ1v) is 10.5. The van der Waals surface area contributed by atoms with Crippen LogP contribution in [0, 0.1) is 12.8 Å². The Morgan fingerprint density at radius 1 is 1.32 bits per heavy atom. The van der Waals surface area contributed by atoms with Crippen molar-refractivity contribution < 1.29 is 24.2 Å². The molecule has 0 saturated heterocycles. The lowest BCUT2D eigenvalue weighted by atomic mass is 10.2. The van der Waals surface area contributed by atoms with Crippen molar-refractivity contribution in [1.29, 1.82) is 0 Å². The highest BCUT2D eigenvalue weighted by Crippen LogP contribution is 2.26. The Morgan fingerprint density at radius 2 is 1.94 bits per heavy atom. The van der Waals surface area contributed by atoms with Crippen LogP contribution in [0.15, 0.2) is 17.8 Å². The number of ether oxygens (including phenoxy) is 2. The van der Waals surface area contributed by atoms with Crippen LogP contribution in [0.4, 0.5) is 4.79 Å². The van der Waals surface area contributed by atoms with Gasteiger partial charge in [0.05, 0.1) is 23.2 Å². The zero-order valence-corrected chi connectivity index (χ0v) is 19.2. The summed E-state index contributed by atoms with van der Waals surface area (Å²) in [5.41, 5.74) is 2.24. The van der Waals surface area contributed by atoms with Crippen molar-refractivity contribution in [2.75, 3.05) is 27.2 Å². The van der Waals surface area contributed by atoms with Gasteiger partial charge < -0.3 is 24.5 Å². The quantitative estimate of drug-likeness (QED) is 0.362. The number of aromatic nitrogens is 1. The van der Waals surface area contributed by atoms with E-state index in [9.17, 15) is 4.79 Å². The van der Waals surface area contributed by atoms with Crippen molar-refractivity contribution in [2.24, 2.45) is 11.8 Å². The van der Waals surface area contributed by atoms with Crippen LogP contribution in [-0.2, 0) is 9.53 Å². The Balaban J connectivity index is 0.00000151. The summed E-state index contributed by atoms with van der Waals surface area (Å²) in [6, 6.07) is 3.84. The van der Waals surface area contributed by atoms with Crippen LogP contribution in [0.2, 0.25) is 0 Å². The largest absolute Gasteiger partial charge is 0.489 e. The molecule has 0 unspecified atom stereocenters. The minimum Gasteiger partial charge on any atom is -0.489 e. The normalized spacial score (nSPS) is 14.0. The lowest BCUT2D eigenvalue weighted by Gasteiger charge is -2.21. The third-order valence-corrected chi connectivity index (χ3v) is 4.72. The lowest BCUT2D eigenvalue weighted by molar-refractivity contribution is -0.122. The SMILES string of the molecule is Cc1nc(/C=C(\COC(=O)N(C)CC(C)C)N(C)N)ccc1OC1CCCC1.O=CO. The molecule has 1 heterocycles. The van der Waals surface area contributed by atoms with Gasteiger partial charge in [-0.1, -0.05) is 13.8 Å². The molecule has 9 nitrogen and oxygen atoms in total. The van der Waals surface area contributed by atoms with E-state index in [1.165, 1.54) is 17.9 Å². The number of rotatable bonds is 8. The van der Waals surface area contributed by atoms with Crippen LogP contribution in [0.5, 0.6) is 5.75 Å². The molecule has 1 aromatic rings. The van der Waals surface area contributed by atoms with Crippen molar-refractivity contribution in [3.8, 4) is 5.75 Å². The van der Waals surface area contributed by atoms with Crippen molar-refractivity contribution in [3.63, 3.8) is 0 Å². The molecule has 1 fully saturated rings.